The summed E-state index contributed by atoms with van der Waals surface area (Å²) in [5.41, 5.74) is 5.79. The molecule has 0 atom stereocenters. The summed E-state index contributed by atoms with van der Waals surface area (Å²) >= 11 is 0. The smallest absolute Gasteiger partial charge is 0.0234 e. The second-order valence-corrected chi connectivity index (χ2v) is 7.34. The van der Waals surface area contributed by atoms with Crippen molar-refractivity contribution in [2.75, 3.05) is 56.4 Å². The highest BCUT2D eigenvalue weighted by Crippen LogP contribution is 2.22. The van der Waals surface area contributed by atoms with Crippen LogP contribution in [0.1, 0.15) is 22.3 Å². The standard InChI is InChI=1S/C18H34N4/c1-19(2)11-15-9-16(12-20(3)4)18(14-22(7)8)17(10-15)13-21(5)6/h9-10H,11-14H2,1-8H3. The largest absolute Gasteiger partial charge is 0.305 e. The third kappa shape index (κ3) is 6.44. The van der Waals surface area contributed by atoms with Crippen molar-refractivity contribution in [2.45, 2.75) is 26.2 Å². The van der Waals surface area contributed by atoms with Gasteiger partial charge >= 0.3 is 0 Å². The molecule has 0 radical (unpaired) electrons. The van der Waals surface area contributed by atoms with Crippen molar-refractivity contribution in [1.29, 1.82) is 0 Å². The minimum atomic E-state index is 0.989. The summed E-state index contributed by atoms with van der Waals surface area (Å²) in [5.74, 6) is 0. The Balaban J connectivity index is 3.31. The topological polar surface area (TPSA) is 13.0 Å². The van der Waals surface area contributed by atoms with Crippen LogP contribution < -0.4 is 0 Å². The minimum Gasteiger partial charge on any atom is -0.305 e. The molecule has 0 aliphatic rings. The molecule has 1 rings (SSSR count). The Morgan fingerprint density at radius 2 is 0.909 bits per heavy atom. The first-order valence-corrected chi connectivity index (χ1v) is 7.91. The van der Waals surface area contributed by atoms with E-state index < -0.39 is 0 Å². The fourth-order valence-corrected chi connectivity index (χ4v) is 2.81. The Kier molecular flexibility index (Phi) is 7.49. The lowest BCUT2D eigenvalue weighted by Gasteiger charge is -2.24. The summed E-state index contributed by atoms with van der Waals surface area (Å²) in [7, 11) is 17.1. The van der Waals surface area contributed by atoms with Gasteiger partial charge in [-0.25, -0.2) is 0 Å². The van der Waals surface area contributed by atoms with E-state index in [1.807, 2.05) is 0 Å². The molecule has 126 valence electrons. The van der Waals surface area contributed by atoms with Gasteiger partial charge in [0, 0.05) is 26.2 Å². The Labute approximate surface area is 137 Å². The first-order valence-electron chi connectivity index (χ1n) is 7.91. The van der Waals surface area contributed by atoms with Crippen LogP contribution in [0.2, 0.25) is 0 Å². The van der Waals surface area contributed by atoms with E-state index in [1.165, 1.54) is 22.3 Å². The van der Waals surface area contributed by atoms with Crippen molar-refractivity contribution in [3.8, 4) is 0 Å². The SMILES string of the molecule is CN(C)Cc1cc(CN(C)C)c(CN(C)C)c(CN(C)C)c1. The number of hydrogen-bond acceptors (Lipinski definition) is 4. The average molecular weight is 306 g/mol. The van der Waals surface area contributed by atoms with E-state index in [1.54, 1.807) is 0 Å². The van der Waals surface area contributed by atoms with Gasteiger partial charge in [0.25, 0.3) is 0 Å². The summed E-state index contributed by atoms with van der Waals surface area (Å²) in [6, 6.07) is 4.77. The van der Waals surface area contributed by atoms with Gasteiger partial charge in [0.05, 0.1) is 0 Å². The van der Waals surface area contributed by atoms with E-state index in [2.05, 4.69) is 88.1 Å². The Morgan fingerprint density at radius 1 is 0.545 bits per heavy atom. The van der Waals surface area contributed by atoms with E-state index in [4.69, 9.17) is 0 Å². The Hall–Kier alpha value is -0.940. The molecule has 1 aromatic carbocycles. The lowest BCUT2D eigenvalue weighted by molar-refractivity contribution is 0.366. The summed E-state index contributed by atoms with van der Waals surface area (Å²) in [5, 5.41) is 0. The van der Waals surface area contributed by atoms with Crippen LogP contribution in [0.15, 0.2) is 12.1 Å². The molecule has 0 fully saturated rings. The van der Waals surface area contributed by atoms with Crippen molar-refractivity contribution in [1.82, 2.24) is 19.6 Å². The molecular weight excluding hydrogens is 272 g/mol. The fraction of sp³-hybridized carbons (Fsp3) is 0.667. The lowest BCUT2D eigenvalue weighted by atomic mass is 9.96. The van der Waals surface area contributed by atoms with Crippen LogP contribution in [0.4, 0.5) is 0 Å². The zero-order valence-corrected chi connectivity index (χ0v) is 15.8. The molecule has 4 heteroatoms. The summed E-state index contributed by atoms with van der Waals surface area (Å²) < 4.78 is 0. The van der Waals surface area contributed by atoms with E-state index in [0.29, 0.717) is 0 Å². The zero-order valence-electron chi connectivity index (χ0n) is 15.8. The summed E-state index contributed by atoms with van der Waals surface area (Å²) in [6.45, 7) is 3.97. The summed E-state index contributed by atoms with van der Waals surface area (Å²) in [4.78, 5) is 9.01. The maximum Gasteiger partial charge on any atom is 0.0234 e. The first-order chi connectivity index (χ1) is 10.2. The monoisotopic (exact) mass is 306 g/mol. The second kappa shape index (κ2) is 8.63. The van der Waals surface area contributed by atoms with Gasteiger partial charge in [-0.3, -0.25) is 0 Å². The molecule has 22 heavy (non-hydrogen) atoms. The molecule has 0 unspecified atom stereocenters. The molecule has 0 saturated carbocycles. The Morgan fingerprint density at radius 3 is 1.23 bits per heavy atom. The molecule has 0 bridgehead atoms. The van der Waals surface area contributed by atoms with E-state index in [0.717, 1.165) is 26.2 Å². The minimum absolute atomic E-state index is 0.989. The summed E-state index contributed by atoms with van der Waals surface area (Å²) in [6.07, 6.45) is 0. The van der Waals surface area contributed by atoms with E-state index in [9.17, 15) is 0 Å². The van der Waals surface area contributed by atoms with Gasteiger partial charge in [0.1, 0.15) is 0 Å². The van der Waals surface area contributed by atoms with Crippen molar-refractivity contribution in [2.24, 2.45) is 0 Å². The van der Waals surface area contributed by atoms with Gasteiger partial charge < -0.3 is 19.6 Å². The number of benzene rings is 1. The molecule has 1 aromatic rings. The van der Waals surface area contributed by atoms with Gasteiger partial charge in [-0.15, -0.1) is 0 Å². The van der Waals surface area contributed by atoms with E-state index in [-0.39, 0.29) is 0 Å². The van der Waals surface area contributed by atoms with Gasteiger partial charge in [0.15, 0.2) is 0 Å². The highest BCUT2D eigenvalue weighted by Gasteiger charge is 2.14. The van der Waals surface area contributed by atoms with Crippen LogP contribution in [-0.2, 0) is 26.2 Å². The highest BCUT2D eigenvalue weighted by molar-refractivity contribution is 5.39. The van der Waals surface area contributed by atoms with Crippen LogP contribution in [0.5, 0.6) is 0 Å². The second-order valence-electron chi connectivity index (χ2n) is 7.34. The van der Waals surface area contributed by atoms with Gasteiger partial charge in [-0.1, -0.05) is 12.1 Å². The third-order valence-electron chi connectivity index (χ3n) is 3.44. The predicted octanol–water partition coefficient (Wildman–Crippen LogP) is 1.93. The predicted molar refractivity (Wildman–Crippen MR) is 96.0 cm³/mol. The Bertz CT molecular complexity index is 433. The number of rotatable bonds is 8. The molecule has 0 aliphatic carbocycles. The molecule has 0 N–H and O–H groups in total. The molecule has 4 nitrogen and oxygen atoms in total. The first kappa shape index (κ1) is 19.1. The molecule has 0 saturated heterocycles. The van der Waals surface area contributed by atoms with Crippen molar-refractivity contribution >= 4 is 0 Å². The van der Waals surface area contributed by atoms with Crippen molar-refractivity contribution in [3.05, 3.63) is 34.4 Å². The molecule has 0 aliphatic heterocycles. The average Bonchev–Trinajstić information content (AvgIpc) is 2.30. The van der Waals surface area contributed by atoms with Crippen molar-refractivity contribution in [3.63, 3.8) is 0 Å². The maximum absolute atomic E-state index is 2.39. The van der Waals surface area contributed by atoms with Gasteiger partial charge in [-0.2, -0.15) is 0 Å². The van der Waals surface area contributed by atoms with Crippen LogP contribution in [0.3, 0.4) is 0 Å². The number of hydrogen-bond donors (Lipinski definition) is 0. The lowest BCUT2D eigenvalue weighted by Crippen LogP contribution is -2.22. The van der Waals surface area contributed by atoms with Crippen LogP contribution in [-0.4, -0.2) is 76.0 Å². The molecule has 0 aromatic heterocycles. The van der Waals surface area contributed by atoms with Crippen LogP contribution in [0, 0.1) is 0 Å². The molecule has 0 heterocycles. The highest BCUT2D eigenvalue weighted by atomic mass is 15.1. The molecular formula is C18H34N4. The van der Waals surface area contributed by atoms with Gasteiger partial charge in [0.2, 0.25) is 0 Å². The van der Waals surface area contributed by atoms with Crippen molar-refractivity contribution < 1.29 is 0 Å². The molecule has 0 spiro atoms. The maximum atomic E-state index is 2.39. The zero-order chi connectivity index (χ0) is 16.9. The fourth-order valence-electron chi connectivity index (χ4n) is 2.81. The normalized spacial score (nSPS) is 12.2. The van der Waals surface area contributed by atoms with Crippen LogP contribution >= 0.6 is 0 Å². The van der Waals surface area contributed by atoms with Gasteiger partial charge in [-0.05, 0) is 78.6 Å². The van der Waals surface area contributed by atoms with E-state index >= 15 is 0 Å². The quantitative estimate of drug-likeness (QED) is 0.727. The third-order valence-corrected chi connectivity index (χ3v) is 3.44. The number of nitrogens with zero attached hydrogens (tertiary/aromatic N) is 4. The van der Waals surface area contributed by atoms with Crippen LogP contribution in [0.25, 0.3) is 0 Å². The molecule has 0 amide bonds.